The molecule has 72 valence electrons. The first-order valence-corrected chi connectivity index (χ1v) is 5.56. The number of rotatable bonds is 3. The average molecular weight is 271 g/mol. The van der Waals surface area contributed by atoms with Gasteiger partial charge in [-0.05, 0) is 0 Å². The number of aromatic nitrogens is 3. The number of thiazole rings is 1. The fourth-order valence-electron chi connectivity index (χ4n) is 1.00. The van der Waals surface area contributed by atoms with Gasteiger partial charge in [0.2, 0.25) is 0 Å². The number of anilines is 1. The quantitative estimate of drug-likeness (QED) is 0.931. The van der Waals surface area contributed by atoms with Crippen molar-refractivity contribution in [2.75, 3.05) is 11.9 Å². The Labute approximate surface area is 93.2 Å². The van der Waals surface area contributed by atoms with Gasteiger partial charge in [0, 0.05) is 11.0 Å². The molecule has 0 aliphatic carbocycles. The van der Waals surface area contributed by atoms with E-state index < -0.39 is 0 Å². The minimum atomic E-state index is 0.629. The maximum Gasteiger partial charge on any atom is 0.157 e. The molecule has 6 heteroatoms. The molecule has 0 aliphatic rings. The van der Waals surface area contributed by atoms with Crippen molar-refractivity contribution >= 4 is 43.4 Å². The van der Waals surface area contributed by atoms with Crippen molar-refractivity contribution in [2.45, 2.75) is 0 Å². The lowest BCUT2D eigenvalue weighted by molar-refractivity contribution is 1.18. The Morgan fingerprint density at radius 1 is 1.50 bits per heavy atom. The second-order valence-electron chi connectivity index (χ2n) is 2.60. The smallest absolute Gasteiger partial charge is 0.157 e. The maximum absolute atomic E-state index is 4.18. The van der Waals surface area contributed by atoms with Crippen LogP contribution in [0.2, 0.25) is 0 Å². The first-order valence-electron chi connectivity index (χ1n) is 3.88. The molecular formula is C8H7BrN4S. The molecule has 0 unspecified atom stereocenters. The zero-order valence-electron chi connectivity index (χ0n) is 7.20. The Morgan fingerprint density at radius 2 is 2.36 bits per heavy atom. The summed E-state index contributed by atoms with van der Waals surface area (Å²) in [6.45, 7) is 4.36. The minimum absolute atomic E-state index is 0.629. The van der Waals surface area contributed by atoms with Crippen molar-refractivity contribution < 1.29 is 0 Å². The zero-order chi connectivity index (χ0) is 9.97. The number of fused-ring (bicyclic) bond motifs is 1. The van der Waals surface area contributed by atoms with E-state index >= 15 is 0 Å². The highest BCUT2D eigenvalue weighted by Crippen LogP contribution is 2.20. The van der Waals surface area contributed by atoms with Gasteiger partial charge in [-0.25, -0.2) is 15.0 Å². The SMILES string of the molecule is C=C(Br)CNc1ncnc2scnc12. The van der Waals surface area contributed by atoms with Gasteiger partial charge in [-0.1, -0.05) is 22.5 Å². The molecule has 1 N–H and O–H groups in total. The van der Waals surface area contributed by atoms with Crippen LogP contribution < -0.4 is 5.32 Å². The molecule has 0 radical (unpaired) electrons. The van der Waals surface area contributed by atoms with Gasteiger partial charge in [0.05, 0.1) is 5.51 Å². The first-order chi connectivity index (χ1) is 6.77. The summed E-state index contributed by atoms with van der Waals surface area (Å²) in [6.07, 6.45) is 1.53. The largest absolute Gasteiger partial charge is 0.364 e. The number of nitrogens with one attached hydrogen (secondary N) is 1. The van der Waals surface area contributed by atoms with Crippen LogP contribution in [-0.4, -0.2) is 21.5 Å². The minimum Gasteiger partial charge on any atom is -0.364 e. The lowest BCUT2D eigenvalue weighted by Gasteiger charge is -2.03. The summed E-state index contributed by atoms with van der Waals surface area (Å²) in [7, 11) is 0. The van der Waals surface area contributed by atoms with Crippen LogP contribution in [0, 0.1) is 0 Å². The Hall–Kier alpha value is -1.01. The molecule has 0 spiro atoms. The molecule has 2 rings (SSSR count). The van der Waals surface area contributed by atoms with Gasteiger partial charge in [0.15, 0.2) is 5.82 Å². The van der Waals surface area contributed by atoms with E-state index in [1.165, 1.54) is 17.7 Å². The number of nitrogens with zero attached hydrogens (tertiary/aromatic N) is 3. The summed E-state index contributed by atoms with van der Waals surface area (Å²) in [5, 5.41) is 3.12. The monoisotopic (exact) mass is 270 g/mol. The van der Waals surface area contributed by atoms with Gasteiger partial charge < -0.3 is 5.32 Å². The molecule has 0 saturated heterocycles. The normalized spacial score (nSPS) is 10.4. The van der Waals surface area contributed by atoms with Crippen molar-refractivity contribution in [1.29, 1.82) is 0 Å². The molecule has 14 heavy (non-hydrogen) atoms. The number of hydrogen-bond acceptors (Lipinski definition) is 5. The third-order valence-electron chi connectivity index (χ3n) is 1.58. The van der Waals surface area contributed by atoms with Crippen LogP contribution in [0.1, 0.15) is 0 Å². The molecular weight excluding hydrogens is 264 g/mol. The molecule has 2 aromatic heterocycles. The third kappa shape index (κ3) is 1.91. The fraction of sp³-hybridized carbons (Fsp3) is 0.125. The molecule has 2 heterocycles. The predicted octanol–water partition coefficient (Wildman–Crippen LogP) is 2.41. The van der Waals surface area contributed by atoms with E-state index in [0.29, 0.717) is 6.54 Å². The van der Waals surface area contributed by atoms with Crippen molar-refractivity contribution in [3.63, 3.8) is 0 Å². The second kappa shape index (κ2) is 4.02. The van der Waals surface area contributed by atoms with Crippen molar-refractivity contribution in [2.24, 2.45) is 0 Å². The molecule has 4 nitrogen and oxygen atoms in total. The molecule has 0 fully saturated rings. The molecule has 0 aromatic carbocycles. The summed E-state index contributed by atoms with van der Waals surface area (Å²) in [5.41, 5.74) is 2.57. The van der Waals surface area contributed by atoms with Crippen LogP contribution in [-0.2, 0) is 0 Å². The van der Waals surface area contributed by atoms with Gasteiger partial charge in [0.1, 0.15) is 16.7 Å². The Morgan fingerprint density at radius 3 is 3.14 bits per heavy atom. The highest BCUT2D eigenvalue weighted by Gasteiger charge is 2.04. The van der Waals surface area contributed by atoms with E-state index in [1.807, 2.05) is 0 Å². The Kier molecular flexibility index (Phi) is 2.74. The topological polar surface area (TPSA) is 50.7 Å². The van der Waals surface area contributed by atoms with Crippen LogP contribution in [0.25, 0.3) is 10.3 Å². The van der Waals surface area contributed by atoms with Crippen LogP contribution in [0.4, 0.5) is 5.82 Å². The van der Waals surface area contributed by atoms with Crippen LogP contribution in [0.3, 0.4) is 0 Å². The summed E-state index contributed by atoms with van der Waals surface area (Å²) < 4.78 is 0.875. The summed E-state index contributed by atoms with van der Waals surface area (Å²) >= 11 is 4.77. The van der Waals surface area contributed by atoms with Gasteiger partial charge >= 0.3 is 0 Å². The maximum atomic E-state index is 4.18. The highest BCUT2D eigenvalue weighted by atomic mass is 79.9. The molecule has 0 amide bonds. The van der Waals surface area contributed by atoms with E-state index in [1.54, 1.807) is 5.51 Å². The zero-order valence-corrected chi connectivity index (χ0v) is 9.60. The highest BCUT2D eigenvalue weighted by molar-refractivity contribution is 9.11. The van der Waals surface area contributed by atoms with Crippen LogP contribution in [0.5, 0.6) is 0 Å². The van der Waals surface area contributed by atoms with Gasteiger partial charge in [-0.3, -0.25) is 0 Å². The molecule has 0 atom stereocenters. The molecule has 2 aromatic rings. The van der Waals surface area contributed by atoms with Crippen molar-refractivity contribution in [1.82, 2.24) is 15.0 Å². The Balaban J connectivity index is 2.32. The second-order valence-corrected chi connectivity index (χ2v) is 4.55. The number of halogens is 1. The molecule has 0 aliphatic heterocycles. The van der Waals surface area contributed by atoms with E-state index in [2.05, 4.69) is 42.8 Å². The number of hydrogen-bond donors (Lipinski definition) is 1. The van der Waals surface area contributed by atoms with Crippen molar-refractivity contribution in [3.05, 3.63) is 22.9 Å². The van der Waals surface area contributed by atoms with E-state index in [4.69, 9.17) is 0 Å². The lowest BCUT2D eigenvalue weighted by atomic mass is 10.5. The lowest BCUT2D eigenvalue weighted by Crippen LogP contribution is -2.03. The van der Waals surface area contributed by atoms with Crippen molar-refractivity contribution in [3.8, 4) is 0 Å². The first kappa shape index (κ1) is 9.54. The summed E-state index contributed by atoms with van der Waals surface area (Å²) in [4.78, 5) is 13.3. The van der Waals surface area contributed by atoms with E-state index in [0.717, 1.165) is 20.6 Å². The summed E-state index contributed by atoms with van der Waals surface area (Å²) in [5.74, 6) is 0.747. The third-order valence-corrected chi connectivity index (χ3v) is 2.60. The summed E-state index contributed by atoms with van der Waals surface area (Å²) in [6, 6.07) is 0. The average Bonchev–Trinajstić information content (AvgIpc) is 2.62. The van der Waals surface area contributed by atoms with Crippen LogP contribution in [0.15, 0.2) is 22.9 Å². The van der Waals surface area contributed by atoms with Crippen LogP contribution >= 0.6 is 27.3 Å². The van der Waals surface area contributed by atoms with Gasteiger partial charge in [-0.15, -0.1) is 11.3 Å². The molecule has 0 bridgehead atoms. The predicted molar refractivity (Wildman–Crippen MR) is 61.8 cm³/mol. The van der Waals surface area contributed by atoms with Gasteiger partial charge in [-0.2, -0.15) is 0 Å². The Bertz CT molecular complexity index is 467. The van der Waals surface area contributed by atoms with E-state index in [9.17, 15) is 0 Å². The molecule has 0 saturated carbocycles. The fourth-order valence-corrected chi connectivity index (χ4v) is 1.77. The van der Waals surface area contributed by atoms with E-state index in [-0.39, 0.29) is 0 Å². The standard InChI is InChI=1S/C8H7BrN4S/c1-5(9)2-10-7-6-8(12-3-11-7)14-4-13-6/h3-4H,1-2H2,(H,10,11,12). The van der Waals surface area contributed by atoms with Gasteiger partial charge in [0.25, 0.3) is 0 Å².